The normalized spacial score (nSPS) is 15.0. The number of amides is 2. The summed E-state index contributed by atoms with van der Waals surface area (Å²) in [4.78, 5) is 15.4. The van der Waals surface area contributed by atoms with Crippen LogP contribution in [0.5, 0.6) is 0 Å². The maximum absolute atomic E-state index is 14.4. The number of halogens is 1. The van der Waals surface area contributed by atoms with E-state index >= 15 is 0 Å². The average molecular weight is 472 g/mol. The number of para-hydroxylation sites is 1. The van der Waals surface area contributed by atoms with Crippen LogP contribution in [-0.2, 0) is 6.54 Å². The van der Waals surface area contributed by atoms with Gasteiger partial charge in [0.05, 0.1) is 29.7 Å². The van der Waals surface area contributed by atoms with Gasteiger partial charge in [0.15, 0.2) is 0 Å². The minimum absolute atomic E-state index is 0.174. The molecule has 1 aliphatic rings. The Morgan fingerprint density at radius 2 is 1.91 bits per heavy atom. The molecule has 0 aliphatic carbocycles. The lowest BCUT2D eigenvalue weighted by molar-refractivity contribution is 0.180. The quantitative estimate of drug-likeness (QED) is 0.402. The van der Waals surface area contributed by atoms with Gasteiger partial charge in [-0.05, 0) is 61.2 Å². The number of hydrogen-bond donors (Lipinski definition) is 1. The van der Waals surface area contributed by atoms with Crippen LogP contribution in [0.25, 0.3) is 11.5 Å². The molecule has 1 N–H and O–H groups in total. The number of rotatable bonds is 5. The van der Waals surface area contributed by atoms with E-state index < -0.39 is 6.04 Å². The van der Waals surface area contributed by atoms with Gasteiger partial charge in [-0.1, -0.05) is 44.2 Å². The van der Waals surface area contributed by atoms with E-state index in [0.717, 1.165) is 40.4 Å². The molecule has 0 fully saturated rings. The highest BCUT2D eigenvalue weighted by atomic mass is 19.1. The van der Waals surface area contributed by atoms with E-state index in [2.05, 4.69) is 23.7 Å². The molecule has 0 saturated heterocycles. The number of fused-ring (bicyclic) bond motifs is 3. The van der Waals surface area contributed by atoms with Crippen LogP contribution in [0.15, 0.2) is 72.9 Å². The number of hydrogen-bond acceptors (Lipinski definition) is 2. The molecule has 35 heavy (non-hydrogen) atoms. The van der Waals surface area contributed by atoms with Crippen LogP contribution in [0.4, 0.5) is 9.18 Å². The fourth-order valence-corrected chi connectivity index (χ4v) is 4.75. The van der Waals surface area contributed by atoms with Crippen LogP contribution in [0.3, 0.4) is 0 Å². The number of carbonyl (C=O) groups is 1. The number of nitrogens with zero attached hydrogens (tertiary/aromatic N) is 4. The van der Waals surface area contributed by atoms with Gasteiger partial charge in [0.1, 0.15) is 11.6 Å². The van der Waals surface area contributed by atoms with Crippen molar-refractivity contribution in [3.8, 4) is 11.5 Å². The zero-order valence-corrected chi connectivity index (χ0v) is 20.3. The molecule has 0 bridgehead atoms. The largest absolute Gasteiger partial charge is 0.338 e. The van der Waals surface area contributed by atoms with Crippen LogP contribution >= 0.6 is 0 Å². The number of aryl methyl sites for hydroxylation is 1. The molecule has 1 aliphatic heterocycles. The van der Waals surface area contributed by atoms with E-state index in [0.29, 0.717) is 19.0 Å². The van der Waals surface area contributed by atoms with Crippen molar-refractivity contribution < 1.29 is 9.18 Å². The van der Waals surface area contributed by atoms with E-state index in [1.165, 1.54) is 12.1 Å². The third-order valence-electron chi connectivity index (χ3n) is 6.51. The van der Waals surface area contributed by atoms with Crippen molar-refractivity contribution >= 4 is 6.03 Å². The van der Waals surface area contributed by atoms with E-state index in [1.807, 2.05) is 66.3 Å². The van der Waals surface area contributed by atoms with E-state index in [1.54, 1.807) is 11.0 Å². The van der Waals surface area contributed by atoms with Crippen LogP contribution < -0.4 is 5.32 Å². The molecule has 6 nitrogen and oxygen atoms in total. The smallest absolute Gasteiger partial charge is 0.318 e. The van der Waals surface area contributed by atoms with Gasteiger partial charge in [0, 0.05) is 18.3 Å². The molecule has 3 heterocycles. The summed E-state index contributed by atoms with van der Waals surface area (Å²) < 4.78 is 18.4. The molecule has 7 heteroatoms. The highest BCUT2D eigenvalue weighted by Crippen LogP contribution is 2.38. The van der Waals surface area contributed by atoms with Crippen LogP contribution in [0, 0.1) is 18.7 Å². The standard InChI is InChI=1S/C28H30FN5O/c1-19(2)14-15-30-28(35)33-18-24-20(3)31-34(23-11-5-4-6-12-23)27(24)32-16-8-13-25(32)26(33)21-9-7-10-22(29)17-21/h4-13,16-17,19,26H,14-15,18H2,1-3H3,(H,30,35). The fourth-order valence-electron chi connectivity index (χ4n) is 4.75. The molecule has 180 valence electrons. The predicted molar refractivity (Wildman–Crippen MR) is 134 cm³/mol. The van der Waals surface area contributed by atoms with E-state index in [9.17, 15) is 9.18 Å². The number of aromatic nitrogens is 3. The molecule has 0 radical (unpaired) electrons. The first-order valence-corrected chi connectivity index (χ1v) is 12.1. The summed E-state index contributed by atoms with van der Waals surface area (Å²) in [5, 5.41) is 7.95. The molecule has 2 aromatic heterocycles. The maximum Gasteiger partial charge on any atom is 0.318 e. The highest BCUT2D eigenvalue weighted by molar-refractivity contribution is 5.76. The van der Waals surface area contributed by atoms with Crippen molar-refractivity contribution in [1.29, 1.82) is 0 Å². The summed E-state index contributed by atoms with van der Waals surface area (Å²) in [6.45, 7) is 7.17. The van der Waals surface area contributed by atoms with E-state index in [4.69, 9.17) is 5.10 Å². The Hall–Kier alpha value is -3.87. The van der Waals surface area contributed by atoms with Crippen molar-refractivity contribution in [1.82, 2.24) is 24.6 Å². The third-order valence-corrected chi connectivity index (χ3v) is 6.51. The first-order valence-electron chi connectivity index (χ1n) is 12.1. The minimum atomic E-state index is -0.462. The zero-order valence-electron chi connectivity index (χ0n) is 20.3. The summed E-state index contributed by atoms with van der Waals surface area (Å²) >= 11 is 0. The Bertz CT molecular complexity index is 1340. The monoisotopic (exact) mass is 471 g/mol. The number of benzene rings is 2. The Morgan fingerprint density at radius 1 is 1.11 bits per heavy atom. The summed E-state index contributed by atoms with van der Waals surface area (Å²) in [7, 11) is 0. The lowest BCUT2D eigenvalue weighted by atomic mass is 10.0. The second kappa shape index (κ2) is 9.41. The number of nitrogens with one attached hydrogen (secondary N) is 1. The summed E-state index contributed by atoms with van der Waals surface area (Å²) in [6, 6.07) is 19.8. The number of carbonyl (C=O) groups excluding carboxylic acids is 1. The second-order valence-electron chi connectivity index (χ2n) is 9.44. The van der Waals surface area contributed by atoms with Gasteiger partial charge in [-0.3, -0.25) is 0 Å². The van der Waals surface area contributed by atoms with Crippen LogP contribution in [-0.4, -0.2) is 31.8 Å². The van der Waals surface area contributed by atoms with Gasteiger partial charge in [-0.25, -0.2) is 13.9 Å². The lowest BCUT2D eigenvalue weighted by Crippen LogP contribution is -2.42. The van der Waals surface area contributed by atoms with E-state index in [-0.39, 0.29) is 11.8 Å². The Balaban J connectivity index is 1.67. The van der Waals surface area contributed by atoms with Gasteiger partial charge in [-0.2, -0.15) is 5.10 Å². The van der Waals surface area contributed by atoms with Gasteiger partial charge in [0.25, 0.3) is 0 Å². The van der Waals surface area contributed by atoms with Gasteiger partial charge in [0.2, 0.25) is 0 Å². The highest BCUT2D eigenvalue weighted by Gasteiger charge is 2.36. The molecule has 1 unspecified atom stereocenters. The lowest BCUT2D eigenvalue weighted by Gasteiger charge is -2.31. The molecule has 0 saturated carbocycles. The molecule has 2 amide bonds. The summed E-state index contributed by atoms with van der Waals surface area (Å²) in [5.41, 5.74) is 4.36. The number of urea groups is 1. The van der Waals surface area contributed by atoms with Gasteiger partial charge >= 0.3 is 6.03 Å². The molecule has 4 aromatic rings. The maximum atomic E-state index is 14.4. The second-order valence-corrected chi connectivity index (χ2v) is 9.44. The average Bonchev–Trinajstić information content (AvgIpc) is 3.40. The zero-order chi connectivity index (χ0) is 24.5. The Morgan fingerprint density at radius 3 is 2.66 bits per heavy atom. The topological polar surface area (TPSA) is 55.1 Å². The molecule has 0 spiro atoms. The predicted octanol–water partition coefficient (Wildman–Crippen LogP) is 5.77. The minimum Gasteiger partial charge on any atom is -0.338 e. The van der Waals surface area contributed by atoms with Crippen molar-refractivity contribution in [2.45, 2.75) is 39.8 Å². The Labute approximate surface area is 205 Å². The van der Waals surface area contributed by atoms with Gasteiger partial charge in [-0.15, -0.1) is 0 Å². The molecule has 5 rings (SSSR count). The summed E-state index contributed by atoms with van der Waals surface area (Å²) in [5.74, 6) is 1.05. The van der Waals surface area contributed by atoms with Crippen LogP contribution in [0.2, 0.25) is 0 Å². The molecular formula is C28H30FN5O. The van der Waals surface area contributed by atoms with Gasteiger partial charge < -0.3 is 14.8 Å². The molecule has 1 atom stereocenters. The first kappa shape index (κ1) is 22.9. The summed E-state index contributed by atoms with van der Waals surface area (Å²) in [6.07, 6.45) is 2.87. The van der Waals surface area contributed by atoms with Crippen molar-refractivity contribution in [2.75, 3.05) is 6.54 Å². The SMILES string of the molecule is Cc1nn(-c2ccccc2)c2c1CN(C(=O)NCCC(C)C)C(c1cccc(F)c1)c1cccn1-2. The van der Waals surface area contributed by atoms with Crippen molar-refractivity contribution in [3.05, 3.63) is 101 Å². The fraction of sp³-hybridized carbons (Fsp3) is 0.286. The van der Waals surface area contributed by atoms with Crippen molar-refractivity contribution in [3.63, 3.8) is 0 Å². The Kier molecular flexibility index (Phi) is 6.16. The van der Waals surface area contributed by atoms with Crippen molar-refractivity contribution in [2.24, 2.45) is 5.92 Å². The van der Waals surface area contributed by atoms with Crippen LogP contribution in [0.1, 0.15) is 48.8 Å². The first-order chi connectivity index (χ1) is 16.9. The molecular weight excluding hydrogens is 441 g/mol. The third kappa shape index (κ3) is 4.34. The molecule has 2 aromatic carbocycles.